The highest BCUT2D eigenvalue weighted by atomic mass is 35.5. The summed E-state index contributed by atoms with van der Waals surface area (Å²) in [6, 6.07) is 20.0. The molecule has 150 valence electrons. The van der Waals surface area contributed by atoms with Gasteiger partial charge in [-0.3, -0.25) is 9.36 Å². The summed E-state index contributed by atoms with van der Waals surface area (Å²) in [6.45, 7) is 0. The number of halogens is 1. The summed E-state index contributed by atoms with van der Waals surface area (Å²) >= 11 is 6.03. The van der Waals surface area contributed by atoms with Crippen molar-refractivity contribution in [2.24, 2.45) is 0 Å². The summed E-state index contributed by atoms with van der Waals surface area (Å²) in [5.74, 6) is 1.79. The first-order chi connectivity index (χ1) is 14.6. The van der Waals surface area contributed by atoms with Gasteiger partial charge in [-0.15, -0.1) is 0 Å². The molecule has 0 bridgehead atoms. The number of nitrogens with zero attached hydrogens (tertiary/aromatic N) is 2. The van der Waals surface area contributed by atoms with Gasteiger partial charge in [-0.2, -0.15) is 0 Å². The molecule has 4 aromatic rings. The molecular formula is C24H19ClN2O3. The molecule has 0 N–H and O–H groups in total. The van der Waals surface area contributed by atoms with E-state index in [0.29, 0.717) is 38.9 Å². The third kappa shape index (κ3) is 3.80. The van der Waals surface area contributed by atoms with Crippen LogP contribution in [-0.2, 0) is 0 Å². The van der Waals surface area contributed by atoms with Crippen LogP contribution in [-0.4, -0.2) is 23.8 Å². The van der Waals surface area contributed by atoms with Gasteiger partial charge in [-0.1, -0.05) is 35.9 Å². The number of fused-ring (bicyclic) bond motifs is 1. The molecule has 0 aliphatic heterocycles. The number of benzene rings is 3. The van der Waals surface area contributed by atoms with Crippen molar-refractivity contribution in [1.29, 1.82) is 0 Å². The van der Waals surface area contributed by atoms with Crippen LogP contribution < -0.4 is 15.0 Å². The number of methoxy groups -OCH3 is 2. The lowest BCUT2D eigenvalue weighted by Crippen LogP contribution is -2.22. The van der Waals surface area contributed by atoms with Crippen molar-refractivity contribution < 1.29 is 9.47 Å². The highest BCUT2D eigenvalue weighted by molar-refractivity contribution is 6.30. The zero-order chi connectivity index (χ0) is 21.1. The largest absolute Gasteiger partial charge is 0.493 e. The summed E-state index contributed by atoms with van der Waals surface area (Å²) in [5, 5.41) is 1.15. The molecule has 0 saturated heterocycles. The first-order valence-electron chi connectivity index (χ1n) is 9.28. The van der Waals surface area contributed by atoms with Crippen LogP contribution in [0.1, 0.15) is 11.4 Å². The molecule has 1 heterocycles. The second-order valence-corrected chi connectivity index (χ2v) is 6.99. The molecule has 0 atom stereocenters. The molecule has 1 aromatic heterocycles. The number of hydrogen-bond donors (Lipinski definition) is 0. The van der Waals surface area contributed by atoms with E-state index in [9.17, 15) is 4.79 Å². The van der Waals surface area contributed by atoms with Crippen LogP contribution in [0.3, 0.4) is 0 Å². The lowest BCUT2D eigenvalue weighted by atomic mass is 10.1. The summed E-state index contributed by atoms with van der Waals surface area (Å²) in [5.41, 5.74) is 2.07. The van der Waals surface area contributed by atoms with Gasteiger partial charge >= 0.3 is 0 Å². The Balaban J connectivity index is 1.87. The average molecular weight is 419 g/mol. The van der Waals surface area contributed by atoms with Crippen LogP contribution in [0, 0.1) is 0 Å². The van der Waals surface area contributed by atoms with Crippen molar-refractivity contribution in [3.05, 3.63) is 93.5 Å². The monoisotopic (exact) mass is 418 g/mol. The van der Waals surface area contributed by atoms with Crippen molar-refractivity contribution in [2.75, 3.05) is 14.2 Å². The molecule has 4 rings (SSSR count). The van der Waals surface area contributed by atoms with E-state index in [-0.39, 0.29) is 5.56 Å². The van der Waals surface area contributed by atoms with Crippen molar-refractivity contribution in [3.63, 3.8) is 0 Å². The van der Waals surface area contributed by atoms with E-state index in [4.69, 9.17) is 26.1 Å². The fourth-order valence-corrected chi connectivity index (χ4v) is 3.35. The third-order valence-electron chi connectivity index (χ3n) is 4.72. The van der Waals surface area contributed by atoms with Gasteiger partial charge in [-0.25, -0.2) is 4.98 Å². The van der Waals surface area contributed by atoms with Gasteiger partial charge in [0.1, 0.15) is 5.82 Å². The fraction of sp³-hybridized carbons (Fsp3) is 0.0833. The van der Waals surface area contributed by atoms with Crippen LogP contribution in [0.4, 0.5) is 0 Å². The Hall–Kier alpha value is -3.57. The van der Waals surface area contributed by atoms with E-state index in [1.54, 1.807) is 49.1 Å². The summed E-state index contributed by atoms with van der Waals surface area (Å²) in [7, 11) is 3.19. The molecule has 0 amide bonds. The van der Waals surface area contributed by atoms with Gasteiger partial charge in [-0.05, 0) is 60.2 Å². The zero-order valence-corrected chi connectivity index (χ0v) is 17.3. The van der Waals surface area contributed by atoms with Crippen molar-refractivity contribution in [1.82, 2.24) is 9.55 Å². The van der Waals surface area contributed by atoms with Crippen molar-refractivity contribution in [2.45, 2.75) is 0 Å². The maximum atomic E-state index is 13.2. The molecule has 0 aliphatic carbocycles. The predicted molar refractivity (Wildman–Crippen MR) is 121 cm³/mol. The number of rotatable bonds is 5. The lowest BCUT2D eigenvalue weighted by Gasteiger charge is -2.12. The van der Waals surface area contributed by atoms with Crippen LogP contribution >= 0.6 is 11.6 Å². The molecule has 0 aliphatic rings. The SMILES string of the molecule is COc1ccc(/C=C/c2nc3ccccc3c(=O)n2-c2ccc(Cl)cc2)cc1OC. The smallest absolute Gasteiger partial charge is 0.266 e. The molecule has 0 saturated carbocycles. The van der Waals surface area contributed by atoms with Gasteiger partial charge in [0, 0.05) is 5.02 Å². The van der Waals surface area contributed by atoms with E-state index in [1.807, 2.05) is 48.6 Å². The maximum absolute atomic E-state index is 13.2. The van der Waals surface area contributed by atoms with Gasteiger partial charge in [0.25, 0.3) is 5.56 Å². The van der Waals surface area contributed by atoms with Gasteiger partial charge in [0.2, 0.25) is 0 Å². The van der Waals surface area contributed by atoms with Crippen LogP contribution in [0.15, 0.2) is 71.5 Å². The lowest BCUT2D eigenvalue weighted by molar-refractivity contribution is 0.355. The molecule has 3 aromatic carbocycles. The average Bonchev–Trinajstić information content (AvgIpc) is 2.78. The standard InChI is InChI=1S/C24H19ClN2O3/c1-29-21-13-7-16(15-22(21)30-2)8-14-23-26-20-6-4-3-5-19(20)24(28)27(23)18-11-9-17(25)10-12-18/h3-15H,1-2H3/b14-8+. The predicted octanol–water partition coefficient (Wildman–Crippen LogP) is 5.23. The van der Waals surface area contributed by atoms with E-state index < -0.39 is 0 Å². The normalized spacial score (nSPS) is 11.2. The molecule has 0 unspecified atom stereocenters. The Morgan fingerprint density at radius 2 is 1.63 bits per heavy atom. The van der Waals surface area contributed by atoms with E-state index in [2.05, 4.69) is 0 Å². The maximum Gasteiger partial charge on any atom is 0.266 e. The first kappa shape index (κ1) is 19.7. The second-order valence-electron chi connectivity index (χ2n) is 6.55. The molecule has 0 spiro atoms. The van der Waals surface area contributed by atoms with E-state index in [0.717, 1.165) is 5.56 Å². The quantitative estimate of drug-likeness (QED) is 0.445. The van der Waals surface area contributed by atoms with Crippen LogP contribution in [0.5, 0.6) is 11.5 Å². The minimum Gasteiger partial charge on any atom is -0.493 e. The molecular weight excluding hydrogens is 400 g/mol. The van der Waals surface area contributed by atoms with Crippen LogP contribution in [0.2, 0.25) is 5.02 Å². The Kier molecular flexibility index (Phi) is 5.55. The third-order valence-corrected chi connectivity index (χ3v) is 4.97. The van der Waals surface area contributed by atoms with Gasteiger partial charge in [0.15, 0.2) is 11.5 Å². The van der Waals surface area contributed by atoms with E-state index in [1.165, 1.54) is 0 Å². The molecule has 6 heteroatoms. The summed E-state index contributed by atoms with van der Waals surface area (Å²) in [6.07, 6.45) is 3.69. The molecule has 0 fully saturated rings. The minimum absolute atomic E-state index is 0.144. The number of hydrogen-bond acceptors (Lipinski definition) is 4. The number of ether oxygens (including phenoxy) is 2. The van der Waals surface area contributed by atoms with Crippen molar-refractivity contribution >= 4 is 34.7 Å². The van der Waals surface area contributed by atoms with E-state index >= 15 is 0 Å². The highest BCUT2D eigenvalue weighted by Gasteiger charge is 2.11. The Morgan fingerprint density at radius 1 is 0.900 bits per heavy atom. The zero-order valence-electron chi connectivity index (χ0n) is 16.5. The van der Waals surface area contributed by atoms with Crippen LogP contribution in [0.25, 0.3) is 28.7 Å². The van der Waals surface area contributed by atoms with Gasteiger partial charge < -0.3 is 9.47 Å². The summed E-state index contributed by atoms with van der Waals surface area (Å²) < 4.78 is 12.2. The number of para-hydroxylation sites is 1. The second kappa shape index (κ2) is 8.43. The van der Waals surface area contributed by atoms with Crippen molar-refractivity contribution in [3.8, 4) is 17.2 Å². The Morgan fingerprint density at radius 3 is 2.37 bits per heavy atom. The molecule has 5 nitrogen and oxygen atoms in total. The molecule has 0 radical (unpaired) electrons. The Labute approximate surface area is 178 Å². The fourth-order valence-electron chi connectivity index (χ4n) is 3.23. The van der Waals surface area contributed by atoms with Gasteiger partial charge in [0.05, 0.1) is 30.8 Å². The Bertz CT molecular complexity index is 1290. The molecule has 30 heavy (non-hydrogen) atoms. The highest BCUT2D eigenvalue weighted by Crippen LogP contribution is 2.28. The topological polar surface area (TPSA) is 53.3 Å². The summed E-state index contributed by atoms with van der Waals surface area (Å²) in [4.78, 5) is 18.0. The number of aromatic nitrogens is 2. The first-order valence-corrected chi connectivity index (χ1v) is 9.66. The minimum atomic E-state index is -0.144.